The molecule has 2 aromatic rings. The van der Waals surface area contributed by atoms with Crippen molar-refractivity contribution in [3.63, 3.8) is 0 Å². The van der Waals surface area contributed by atoms with Crippen LogP contribution in [0.2, 0.25) is 0 Å². The van der Waals surface area contributed by atoms with Crippen molar-refractivity contribution in [3.05, 3.63) is 65.8 Å². The molecule has 3 atom stereocenters. The van der Waals surface area contributed by atoms with E-state index in [2.05, 4.69) is 90.6 Å². The molecule has 0 amide bonds. The van der Waals surface area contributed by atoms with Crippen molar-refractivity contribution in [3.8, 4) is 11.3 Å². The summed E-state index contributed by atoms with van der Waals surface area (Å²) in [6.45, 7) is 17.6. The molecule has 0 aliphatic heterocycles. The molecule has 0 N–H and O–H groups in total. The van der Waals surface area contributed by atoms with Crippen molar-refractivity contribution in [2.75, 3.05) is 0 Å². The summed E-state index contributed by atoms with van der Waals surface area (Å²) in [5.74, 6) is 2.74. The lowest BCUT2D eigenvalue weighted by Crippen LogP contribution is -2.16. The molecule has 0 radical (unpaired) electrons. The topological polar surface area (TPSA) is 25.2 Å². The van der Waals surface area contributed by atoms with Crippen LogP contribution < -0.4 is 0 Å². The number of benzene rings is 1. The third kappa shape index (κ3) is 8.26. The molecular formula is C36H52N2. The Morgan fingerprint density at radius 1 is 1.03 bits per heavy atom. The molecule has 1 aromatic heterocycles. The van der Waals surface area contributed by atoms with Crippen LogP contribution in [0.15, 0.2) is 54.1 Å². The summed E-state index contributed by atoms with van der Waals surface area (Å²) < 4.78 is 0. The fourth-order valence-electron chi connectivity index (χ4n) is 5.78. The summed E-state index contributed by atoms with van der Waals surface area (Å²) in [6.07, 6.45) is 18.0. The summed E-state index contributed by atoms with van der Waals surface area (Å²) in [7, 11) is 0. The van der Waals surface area contributed by atoms with E-state index in [-0.39, 0.29) is 0 Å². The molecule has 1 aliphatic carbocycles. The Labute approximate surface area is 233 Å². The third-order valence-electron chi connectivity index (χ3n) is 8.53. The van der Waals surface area contributed by atoms with Gasteiger partial charge in [0.2, 0.25) is 0 Å². The molecule has 3 unspecified atom stereocenters. The minimum absolute atomic E-state index is 0.482. The highest BCUT2D eigenvalue weighted by Gasteiger charge is 2.18. The Bertz CT molecular complexity index is 1090. The van der Waals surface area contributed by atoms with Gasteiger partial charge in [0.15, 0.2) is 5.82 Å². The van der Waals surface area contributed by atoms with Gasteiger partial charge in [0.05, 0.1) is 5.69 Å². The molecule has 2 heteroatoms. The second-order valence-electron chi connectivity index (χ2n) is 11.6. The fraction of sp³-hybridized carbons (Fsp3) is 0.556. The van der Waals surface area contributed by atoms with E-state index >= 15 is 0 Å². The second-order valence-corrected chi connectivity index (χ2v) is 11.6. The van der Waals surface area contributed by atoms with Gasteiger partial charge in [-0.05, 0) is 86.0 Å². The minimum Gasteiger partial charge on any atom is -0.238 e. The van der Waals surface area contributed by atoms with Gasteiger partial charge in [-0.2, -0.15) is 0 Å². The number of nitrogens with zero attached hydrogens (tertiary/aromatic N) is 2. The molecule has 1 heterocycles. The van der Waals surface area contributed by atoms with Gasteiger partial charge in [-0.1, -0.05) is 109 Å². The van der Waals surface area contributed by atoms with Crippen molar-refractivity contribution in [2.24, 2.45) is 22.7 Å². The molecule has 0 spiro atoms. The average Bonchev–Trinajstić information content (AvgIpc) is 2.94. The summed E-state index contributed by atoms with van der Waals surface area (Å²) in [5, 5.41) is 0. The van der Waals surface area contributed by atoms with Crippen LogP contribution in [-0.4, -0.2) is 10.7 Å². The largest absolute Gasteiger partial charge is 0.238 e. The zero-order valence-electron chi connectivity index (χ0n) is 25.2. The normalized spacial score (nSPS) is 17.7. The van der Waals surface area contributed by atoms with Crippen LogP contribution >= 0.6 is 0 Å². The molecule has 1 aliphatic rings. The first-order valence-electron chi connectivity index (χ1n) is 15.4. The van der Waals surface area contributed by atoms with Crippen molar-refractivity contribution in [1.82, 2.24) is 4.98 Å². The number of pyridine rings is 1. The molecule has 0 saturated carbocycles. The average molecular weight is 513 g/mol. The lowest BCUT2D eigenvalue weighted by Gasteiger charge is -2.21. The first-order chi connectivity index (χ1) is 18.4. The highest BCUT2D eigenvalue weighted by Crippen LogP contribution is 2.33. The number of aliphatic imine (C=N–C) groups is 1. The van der Waals surface area contributed by atoms with E-state index < -0.39 is 0 Å². The molecule has 38 heavy (non-hydrogen) atoms. The quantitative estimate of drug-likeness (QED) is 0.140. The Hall–Kier alpha value is -2.48. The molecule has 3 rings (SSSR count). The lowest BCUT2D eigenvalue weighted by atomic mass is 9.86. The van der Waals surface area contributed by atoms with Crippen LogP contribution in [0.4, 0.5) is 5.82 Å². The van der Waals surface area contributed by atoms with E-state index in [1.807, 2.05) is 0 Å². The molecule has 2 nitrogen and oxygen atoms in total. The number of hydrogen-bond donors (Lipinski definition) is 0. The molecular weight excluding hydrogens is 460 g/mol. The Kier molecular flexibility index (Phi) is 12.0. The second kappa shape index (κ2) is 15.2. The number of allylic oxidation sites excluding steroid dienone is 3. The first kappa shape index (κ1) is 30.1. The van der Waals surface area contributed by atoms with Crippen LogP contribution in [0.3, 0.4) is 0 Å². The van der Waals surface area contributed by atoms with Gasteiger partial charge < -0.3 is 0 Å². The zero-order chi connectivity index (χ0) is 27.5. The first-order valence-corrected chi connectivity index (χ1v) is 15.4. The monoisotopic (exact) mass is 512 g/mol. The van der Waals surface area contributed by atoms with Gasteiger partial charge in [-0.3, -0.25) is 0 Å². The van der Waals surface area contributed by atoms with Gasteiger partial charge in [0, 0.05) is 11.3 Å². The highest BCUT2D eigenvalue weighted by molar-refractivity contribution is 5.89. The summed E-state index contributed by atoms with van der Waals surface area (Å²) in [5.41, 5.74) is 8.76. The number of aromatic nitrogens is 1. The predicted molar refractivity (Wildman–Crippen MR) is 168 cm³/mol. The van der Waals surface area contributed by atoms with E-state index in [0.717, 1.165) is 43.1 Å². The van der Waals surface area contributed by atoms with Crippen LogP contribution in [0, 0.1) is 31.6 Å². The fourth-order valence-corrected chi connectivity index (χ4v) is 5.78. The third-order valence-corrected chi connectivity index (χ3v) is 8.53. The standard InChI is InChI=1S/C36H52N2/c1-8-12-13-15-30(14-9-2)25-34(26(5)10-3)37-36-28(7)24-27(6)35(38-36)33-22-20-32(21-23-33)31-18-16-29(11-4)17-19-31/h11,18,20-24,26,29-30H,4,8-10,12-17,19,25H2,1-3,5-7H3. The van der Waals surface area contributed by atoms with E-state index in [4.69, 9.17) is 9.98 Å². The molecule has 1 aromatic carbocycles. The van der Waals surface area contributed by atoms with Gasteiger partial charge in [0.25, 0.3) is 0 Å². The van der Waals surface area contributed by atoms with Crippen molar-refractivity contribution < 1.29 is 0 Å². The maximum Gasteiger partial charge on any atom is 0.155 e. The summed E-state index contributed by atoms with van der Waals surface area (Å²) in [4.78, 5) is 10.5. The Balaban J connectivity index is 1.88. The van der Waals surface area contributed by atoms with Gasteiger partial charge in [-0.15, -0.1) is 6.58 Å². The maximum atomic E-state index is 5.30. The maximum absolute atomic E-state index is 5.30. The van der Waals surface area contributed by atoms with Crippen molar-refractivity contribution in [2.45, 2.75) is 112 Å². The molecule has 0 saturated heterocycles. The summed E-state index contributed by atoms with van der Waals surface area (Å²) in [6, 6.07) is 11.3. The van der Waals surface area contributed by atoms with E-state index in [1.54, 1.807) is 0 Å². The van der Waals surface area contributed by atoms with Crippen LogP contribution in [0.25, 0.3) is 16.8 Å². The molecule has 206 valence electrons. The Morgan fingerprint density at radius 2 is 1.76 bits per heavy atom. The Morgan fingerprint density at radius 3 is 2.37 bits per heavy atom. The van der Waals surface area contributed by atoms with E-state index in [1.165, 1.54) is 78.5 Å². The van der Waals surface area contributed by atoms with Crippen molar-refractivity contribution >= 4 is 17.1 Å². The smallest absolute Gasteiger partial charge is 0.155 e. The van der Waals surface area contributed by atoms with E-state index in [9.17, 15) is 0 Å². The van der Waals surface area contributed by atoms with Gasteiger partial charge in [-0.25, -0.2) is 9.98 Å². The minimum atomic E-state index is 0.482. The molecule has 0 bridgehead atoms. The van der Waals surface area contributed by atoms with Gasteiger partial charge >= 0.3 is 0 Å². The molecule has 0 fully saturated rings. The van der Waals surface area contributed by atoms with Gasteiger partial charge in [0.1, 0.15) is 0 Å². The number of unbranched alkanes of at least 4 members (excludes halogenated alkanes) is 2. The highest BCUT2D eigenvalue weighted by atomic mass is 14.9. The predicted octanol–water partition coefficient (Wildman–Crippen LogP) is 11.2. The SMILES string of the molecule is C=CC1CC=C(c2ccc(-c3nc(N=C(CC(CCC)CCCCC)C(C)CC)c(C)cc3C)cc2)CC1. The summed E-state index contributed by atoms with van der Waals surface area (Å²) >= 11 is 0. The van der Waals surface area contributed by atoms with Crippen LogP contribution in [0.1, 0.15) is 115 Å². The number of hydrogen-bond acceptors (Lipinski definition) is 2. The van der Waals surface area contributed by atoms with Crippen LogP contribution in [-0.2, 0) is 0 Å². The number of rotatable bonds is 14. The van der Waals surface area contributed by atoms with E-state index in [0.29, 0.717) is 11.8 Å². The van der Waals surface area contributed by atoms with Crippen molar-refractivity contribution in [1.29, 1.82) is 0 Å². The number of aryl methyl sites for hydroxylation is 2. The lowest BCUT2D eigenvalue weighted by molar-refractivity contribution is 0.431. The van der Waals surface area contributed by atoms with Crippen LogP contribution in [0.5, 0.6) is 0 Å². The zero-order valence-corrected chi connectivity index (χ0v) is 25.2.